The van der Waals surface area contributed by atoms with E-state index in [0.29, 0.717) is 11.4 Å². The predicted octanol–water partition coefficient (Wildman–Crippen LogP) is 2.55. The van der Waals surface area contributed by atoms with E-state index in [9.17, 15) is 4.79 Å². The number of carbonyl (C=O) groups excluding carboxylic acids is 1. The Kier molecular flexibility index (Phi) is 5.23. The summed E-state index contributed by atoms with van der Waals surface area (Å²) in [5.74, 6) is 0.962. The van der Waals surface area contributed by atoms with Crippen molar-refractivity contribution < 1.29 is 4.79 Å². The minimum absolute atomic E-state index is 0.244. The summed E-state index contributed by atoms with van der Waals surface area (Å²) in [6.45, 7) is 3.73. The van der Waals surface area contributed by atoms with Crippen LogP contribution < -0.4 is 10.2 Å². The third-order valence-corrected chi connectivity index (χ3v) is 6.01. The molecule has 0 atom stereocenters. The van der Waals surface area contributed by atoms with Crippen LogP contribution in [0.1, 0.15) is 10.4 Å². The van der Waals surface area contributed by atoms with Crippen molar-refractivity contribution >= 4 is 39.8 Å². The van der Waals surface area contributed by atoms with Gasteiger partial charge in [-0.1, -0.05) is 11.3 Å². The Hall–Kier alpha value is -3.50. The molecule has 1 aliphatic heterocycles. The van der Waals surface area contributed by atoms with Crippen molar-refractivity contribution in [2.75, 3.05) is 43.4 Å². The fourth-order valence-electron chi connectivity index (χ4n) is 3.49. The number of amides is 1. The molecule has 0 unspecified atom stereocenters. The van der Waals surface area contributed by atoms with Gasteiger partial charge in [0.25, 0.3) is 5.91 Å². The number of likely N-dealkylation sites (N-methyl/N-ethyl adjacent to an activating group) is 1. The molecular formula is C21H20N8OS. The zero-order chi connectivity index (χ0) is 21.2. The molecule has 5 rings (SSSR count). The minimum atomic E-state index is -0.244. The van der Waals surface area contributed by atoms with E-state index in [1.165, 1.54) is 11.3 Å². The van der Waals surface area contributed by atoms with Crippen molar-refractivity contribution in [3.05, 3.63) is 53.7 Å². The SMILES string of the molecule is CN1CCN(c2cc(C(=O)Nc3cc4cc(-c5nncs5)ccc4nn3)ccn2)CC1. The summed E-state index contributed by atoms with van der Waals surface area (Å²) in [6.07, 6.45) is 1.67. The van der Waals surface area contributed by atoms with Gasteiger partial charge in [0.1, 0.15) is 16.3 Å². The Morgan fingerprint density at radius 3 is 2.71 bits per heavy atom. The largest absolute Gasteiger partial charge is 0.354 e. The van der Waals surface area contributed by atoms with Crippen molar-refractivity contribution in [1.82, 2.24) is 30.3 Å². The zero-order valence-electron chi connectivity index (χ0n) is 16.9. The molecule has 1 aromatic carbocycles. The number of rotatable bonds is 4. The Balaban J connectivity index is 1.35. The van der Waals surface area contributed by atoms with Crippen LogP contribution in [-0.2, 0) is 0 Å². The molecule has 1 saturated heterocycles. The summed E-state index contributed by atoms with van der Waals surface area (Å²) < 4.78 is 0. The average molecular weight is 433 g/mol. The van der Waals surface area contributed by atoms with Crippen molar-refractivity contribution in [3.63, 3.8) is 0 Å². The Morgan fingerprint density at radius 2 is 1.90 bits per heavy atom. The summed E-state index contributed by atoms with van der Waals surface area (Å²) >= 11 is 1.47. The van der Waals surface area contributed by atoms with Gasteiger partial charge in [-0.05, 0) is 43.4 Å². The number of nitrogens with one attached hydrogen (secondary N) is 1. The molecule has 1 aliphatic rings. The second kappa shape index (κ2) is 8.32. The second-order valence-electron chi connectivity index (χ2n) is 7.39. The quantitative estimate of drug-likeness (QED) is 0.525. The molecule has 0 aliphatic carbocycles. The normalized spacial score (nSPS) is 14.7. The number of fused-ring (bicyclic) bond motifs is 1. The van der Waals surface area contributed by atoms with E-state index in [2.05, 4.69) is 47.5 Å². The number of hydrogen-bond acceptors (Lipinski definition) is 9. The van der Waals surface area contributed by atoms with Crippen LogP contribution in [-0.4, -0.2) is 69.4 Å². The molecule has 4 heterocycles. The molecule has 1 amide bonds. The highest BCUT2D eigenvalue weighted by molar-refractivity contribution is 7.12. The molecule has 4 aromatic rings. The monoisotopic (exact) mass is 432 g/mol. The average Bonchev–Trinajstić information content (AvgIpc) is 3.34. The predicted molar refractivity (Wildman–Crippen MR) is 120 cm³/mol. The first kappa shape index (κ1) is 19.5. The van der Waals surface area contributed by atoms with E-state index in [4.69, 9.17) is 0 Å². The van der Waals surface area contributed by atoms with Crippen molar-refractivity contribution in [2.24, 2.45) is 0 Å². The maximum Gasteiger partial charge on any atom is 0.257 e. The van der Waals surface area contributed by atoms with E-state index in [-0.39, 0.29) is 5.91 Å². The van der Waals surface area contributed by atoms with Crippen LogP contribution in [0, 0.1) is 0 Å². The van der Waals surface area contributed by atoms with Crippen molar-refractivity contribution in [1.29, 1.82) is 0 Å². The number of anilines is 2. The van der Waals surface area contributed by atoms with E-state index in [1.54, 1.807) is 17.8 Å². The van der Waals surface area contributed by atoms with Gasteiger partial charge in [0.15, 0.2) is 5.82 Å². The van der Waals surface area contributed by atoms with Crippen LogP contribution in [0.3, 0.4) is 0 Å². The maximum absolute atomic E-state index is 12.8. The van der Waals surface area contributed by atoms with Gasteiger partial charge < -0.3 is 15.1 Å². The number of benzene rings is 1. The smallest absolute Gasteiger partial charge is 0.257 e. The summed E-state index contributed by atoms with van der Waals surface area (Å²) in [7, 11) is 2.11. The van der Waals surface area contributed by atoms with Crippen LogP contribution in [0.5, 0.6) is 0 Å². The van der Waals surface area contributed by atoms with Gasteiger partial charge in [-0.15, -0.1) is 20.4 Å². The number of carbonyl (C=O) groups is 1. The first-order chi connectivity index (χ1) is 15.2. The number of hydrogen-bond donors (Lipinski definition) is 1. The van der Waals surface area contributed by atoms with E-state index in [1.807, 2.05) is 30.3 Å². The molecule has 31 heavy (non-hydrogen) atoms. The van der Waals surface area contributed by atoms with Gasteiger partial charge in [0, 0.05) is 48.9 Å². The number of nitrogens with zero attached hydrogens (tertiary/aromatic N) is 7. The van der Waals surface area contributed by atoms with Crippen LogP contribution >= 0.6 is 11.3 Å². The maximum atomic E-state index is 12.8. The third-order valence-electron chi connectivity index (χ3n) is 5.27. The molecular weight excluding hydrogens is 412 g/mol. The Bertz CT molecular complexity index is 1220. The summed E-state index contributed by atoms with van der Waals surface area (Å²) in [4.78, 5) is 21.8. The standard InChI is InChI=1S/C21H20N8OS/c1-28-6-8-29(9-7-28)19-12-14(4-5-22-19)20(30)24-18-11-16-10-15(21-27-23-13-31-21)2-3-17(16)25-26-18/h2-5,10-13H,6-9H2,1H3,(H,24,26,30). The van der Waals surface area contributed by atoms with Crippen LogP contribution in [0.4, 0.5) is 11.6 Å². The molecule has 1 fully saturated rings. The third kappa shape index (κ3) is 4.21. The first-order valence-corrected chi connectivity index (χ1v) is 10.8. The van der Waals surface area contributed by atoms with Crippen molar-refractivity contribution in [3.8, 4) is 10.6 Å². The lowest BCUT2D eigenvalue weighted by atomic mass is 10.1. The number of pyridine rings is 1. The van der Waals surface area contributed by atoms with Gasteiger partial charge in [0.2, 0.25) is 0 Å². The van der Waals surface area contributed by atoms with E-state index in [0.717, 1.165) is 53.5 Å². The summed E-state index contributed by atoms with van der Waals surface area (Å²) in [5.41, 5.74) is 3.92. The lowest BCUT2D eigenvalue weighted by Crippen LogP contribution is -2.44. The van der Waals surface area contributed by atoms with Gasteiger partial charge in [-0.2, -0.15) is 0 Å². The van der Waals surface area contributed by atoms with Gasteiger partial charge in [-0.25, -0.2) is 4.98 Å². The molecule has 9 nitrogen and oxygen atoms in total. The molecule has 156 valence electrons. The molecule has 3 aromatic heterocycles. The van der Waals surface area contributed by atoms with E-state index < -0.39 is 0 Å². The Labute approximate surface area is 182 Å². The number of piperazine rings is 1. The molecule has 0 spiro atoms. The lowest BCUT2D eigenvalue weighted by Gasteiger charge is -2.33. The van der Waals surface area contributed by atoms with E-state index >= 15 is 0 Å². The fourth-order valence-corrected chi connectivity index (χ4v) is 4.05. The molecule has 0 radical (unpaired) electrons. The second-order valence-corrected chi connectivity index (χ2v) is 8.23. The molecule has 0 bridgehead atoms. The van der Waals surface area contributed by atoms with Crippen LogP contribution in [0.25, 0.3) is 21.5 Å². The van der Waals surface area contributed by atoms with Crippen LogP contribution in [0.15, 0.2) is 48.1 Å². The lowest BCUT2D eigenvalue weighted by molar-refractivity contribution is 0.102. The van der Waals surface area contributed by atoms with Crippen LogP contribution in [0.2, 0.25) is 0 Å². The Morgan fingerprint density at radius 1 is 1.03 bits per heavy atom. The molecule has 10 heteroatoms. The van der Waals surface area contributed by atoms with Gasteiger partial charge in [-0.3, -0.25) is 4.79 Å². The van der Waals surface area contributed by atoms with Crippen molar-refractivity contribution in [2.45, 2.75) is 0 Å². The fraction of sp³-hybridized carbons (Fsp3) is 0.238. The number of aromatic nitrogens is 5. The van der Waals surface area contributed by atoms with Gasteiger partial charge in [0.05, 0.1) is 5.52 Å². The topological polar surface area (TPSA) is 100 Å². The van der Waals surface area contributed by atoms with Gasteiger partial charge >= 0.3 is 0 Å². The summed E-state index contributed by atoms with van der Waals surface area (Å²) in [5, 5.41) is 20.9. The molecule has 1 N–H and O–H groups in total. The first-order valence-electron chi connectivity index (χ1n) is 9.91. The highest BCUT2D eigenvalue weighted by atomic mass is 32.1. The zero-order valence-corrected chi connectivity index (χ0v) is 17.7. The highest BCUT2D eigenvalue weighted by Crippen LogP contribution is 2.25. The summed E-state index contributed by atoms with van der Waals surface area (Å²) in [6, 6.07) is 11.1. The molecule has 0 saturated carbocycles. The highest BCUT2D eigenvalue weighted by Gasteiger charge is 2.17. The minimum Gasteiger partial charge on any atom is -0.354 e.